The number of carbonyl (C=O) groups excluding carboxylic acids is 1. The van der Waals surface area contributed by atoms with E-state index in [-0.39, 0.29) is 18.2 Å². The minimum absolute atomic E-state index is 0.0154. The van der Waals surface area contributed by atoms with Crippen molar-refractivity contribution < 1.29 is 4.79 Å². The monoisotopic (exact) mass is 360 g/mol. The minimum Gasteiger partial charge on any atom is -0.334 e. The fourth-order valence-electron chi connectivity index (χ4n) is 3.00. The maximum absolute atomic E-state index is 12.6. The lowest BCUT2D eigenvalue weighted by atomic mass is 10.1. The molecular weight excluding hydrogens is 340 g/mol. The summed E-state index contributed by atoms with van der Waals surface area (Å²) in [6.07, 6.45) is 7.18. The first-order chi connectivity index (χ1) is 13.0. The van der Waals surface area contributed by atoms with Gasteiger partial charge in [0.1, 0.15) is 0 Å². The summed E-state index contributed by atoms with van der Waals surface area (Å²) in [5.74, 6) is -0.0154. The van der Waals surface area contributed by atoms with E-state index in [0.29, 0.717) is 11.3 Å². The van der Waals surface area contributed by atoms with Crippen LogP contribution in [0.3, 0.4) is 0 Å². The first-order valence-corrected chi connectivity index (χ1v) is 8.81. The van der Waals surface area contributed by atoms with Crippen LogP contribution >= 0.6 is 0 Å². The summed E-state index contributed by atoms with van der Waals surface area (Å²) in [4.78, 5) is 16.7. The average molecular weight is 360 g/mol. The summed E-state index contributed by atoms with van der Waals surface area (Å²) in [6.45, 7) is 4.05. The number of ketones is 1. The predicted octanol–water partition coefficient (Wildman–Crippen LogP) is 3.23. The van der Waals surface area contributed by atoms with Gasteiger partial charge in [-0.2, -0.15) is 15.3 Å². The van der Waals surface area contributed by atoms with E-state index in [4.69, 9.17) is 0 Å². The summed E-state index contributed by atoms with van der Waals surface area (Å²) >= 11 is 0. The van der Waals surface area contributed by atoms with Crippen LogP contribution in [-0.2, 0) is 13.5 Å². The molecule has 0 aliphatic heterocycles. The van der Waals surface area contributed by atoms with Gasteiger partial charge in [0.2, 0.25) is 0 Å². The highest BCUT2D eigenvalue weighted by atomic mass is 16.1. The number of aromatic nitrogens is 6. The number of Topliss-reactive ketones (excluding diaryl/α,β-unsaturated/α-hetero) is 1. The molecular formula is C20H20N6O. The van der Waals surface area contributed by atoms with Gasteiger partial charge in [0.15, 0.2) is 5.78 Å². The number of fused-ring (bicyclic) bond motifs is 1. The van der Waals surface area contributed by atoms with Gasteiger partial charge in [-0.05, 0) is 32.0 Å². The SMILES string of the molecule is CC(C)n1cc(C(=O)Cc2cc3cc(-c4cncn4C)ccc3nn2)cn1. The van der Waals surface area contributed by atoms with E-state index in [1.165, 1.54) is 0 Å². The molecule has 0 spiro atoms. The topological polar surface area (TPSA) is 78.5 Å². The standard InChI is InChI=1S/C20H20N6O/c1-13(2)26-11-16(9-22-26)20(27)8-17-7-15-6-14(4-5-18(15)24-23-17)19-10-21-12-25(19)3/h4-7,9-13H,8H2,1-3H3. The van der Waals surface area contributed by atoms with Gasteiger partial charge >= 0.3 is 0 Å². The normalized spacial score (nSPS) is 11.4. The number of carbonyl (C=O) groups is 1. The summed E-state index contributed by atoms with van der Waals surface area (Å²) in [5, 5.41) is 13.6. The molecule has 7 nitrogen and oxygen atoms in total. The van der Waals surface area contributed by atoms with Gasteiger partial charge in [-0.3, -0.25) is 9.48 Å². The summed E-state index contributed by atoms with van der Waals surface area (Å²) < 4.78 is 3.74. The molecule has 0 aliphatic rings. The van der Waals surface area contributed by atoms with Crippen molar-refractivity contribution in [2.45, 2.75) is 26.3 Å². The second-order valence-corrected chi connectivity index (χ2v) is 6.90. The van der Waals surface area contributed by atoms with Crippen molar-refractivity contribution in [3.05, 3.63) is 60.4 Å². The molecule has 0 fully saturated rings. The van der Waals surface area contributed by atoms with Gasteiger partial charge < -0.3 is 4.57 Å². The maximum Gasteiger partial charge on any atom is 0.172 e. The van der Waals surface area contributed by atoms with Crippen molar-refractivity contribution in [2.75, 3.05) is 0 Å². The first-order valence-electron chi connectivity index (χ1n) is 8.81. The smallest absolute Gasteiger partial charge is 0.172 e. The number of hydrogen-bond acceptors (Lipinski definition) is 5. The molecule has 4 aromatic rings. The first kappa shape index (κ1) is 17.1. The van der Waals surface area contributed by atoms with Crippen LogP contribution in [0.2, 0.25) is 0 Å². The van der Waals surface area contributed by atoms with Gasteiger partial charge in [0.05, 0.1) is 47.6 Å². The van der Waals surface area contributed by atoms with Crippen molar-refractivity contribution in [3.63, 3.8) is 0 Å². The predicted molar refractivity (Wildman–Crippen MR) is 102 cm³/mol. The zero-order valence-corrected chi connectivity index (χ0v) is 15.5. The fourth-order valence-corrected chi connectivity index (χ4v) is 3.00. The molecule has 0 bridgehead atoms. The van der Waals surface area contributed by atoms with Crippen molar-refractivity contribution in [1.82, 2.24) is 29.5 Å². The van der Waals surface area contributed by atoms with E-state index < -0.39 is 0 Å². The Labute approximate surface area is 156 Å². The average Bonchev–Trinajstić information content (AvgIpc) is 3.30. The summed E-state index contributed by atoms with van der Waals surface area (Å²) in [7, 11) is 1.96. The molecule has 0 atom stereocenters. The second-order valence-electron chi connectivity index (χ2n) is 6.90. The number of imidazole rings is 1. The number of aryl methyl sites for hydroxylation is 1. The van der Waals surface area contributed by atoms with Gasteiger partial charge in [0, 0.05) is 30.2 Å². The van der Waals surface area contributed by atoms with E-state index in [0.717, 1.165) is 22.2 Å². The largest absolute Gasteiger partial charge is 0.334 e. The van der Waals surface area contributed by atoms with E-state index in [1.807, 2.05) is 55.9 Å². The molecule has 0 radical (unpaired) electrons. The van der Waals surface area contributed by atoms with Crippen LogP contribution in [0, 0.1) is 0 Å². The van der Waals surface area contributed by atoms with Crippen LogP contribution in [-0.4, -0.2) is 35.3 Å². The van der Waals surface area contributed by atoms with Crippen molar-refractivity contribution in [1.29, 1.82) is 0 Å². The minimum atomic E-state index is -0.0154. The number of rotatable bonds is 5. The van der Waals surface area contributed by atoms with Gasteiger partial charge in [0.25, 0.3) is 0 Å². The molecule has 0 unspecified atom stereocenters. The highest BCUT2D eigenvalue weighted by Gasteiger charge is 2.13. The lowest BCUT2D eigenvalue weighted by molar-refractivity contribution is 0.0991. The van der Waals surface area contributed by atoms with E-state index in [9.17, 15) is 4.79 Å². The number of nitrogens with zero attached hydrogens (tertiary/aromatic N) is 6. The van der Waals surface area contributed by atoms with Crippen LogP contribution < -0.4 is 0 Å². The van der Waals surface area contributed by atoms with Gasteiger partial charge in [-0.15, -0.1) is 0 Å². The molecule has 3 aromatic heterocycles. The quantitative estimate of drug-likeness (QED) is 0.511. The molecule has 3 heterocycles. The molecule has 0 aliphatic carbocycles. The van der Waals surface area contributed by atoms with E-state index in [1.54, 1.807) is 23.4 Å². The lowest BCUT2D eigenvalue weighted by Crippen LogP contribution is -2.06. The molecule has 1 aromatic carbocycles. The third-order valence-corrected chi connectivity index (χ3v) is 4.54. The number of benzene rings is 1. The van der Waals surface area contributed by atoms with Gasteiger partial charge in [-0.25, -0.2) is 4.98 Å². The van der Waals surface area contributed by atoms with Crippen molar-refractivity contribution in [2.24, 2.45) is 7.05 Å². The molecule has 0 saturated carbocycles. The van der Waals surface area contributed by atoms with E-state index in [2.05, 4.69) is 20.3 Å². The Bertz CT molecular complexity index is 1120. The zero-order valence-electron chi connectivity index (χ0n) is 15.5. The number of hydrogen-bond donors (Lipinski definition) is 0. The molecule has 4 rings (SSSR count). The maximum atomic E-state index is 12.6. The summed E-state index contributed by atoms with van der Waals surface area (Å²) in [6, 6.07) is 8.12. The van der Waals surface area contributed by atoms with Crippen LogP contribution in [0.15, 0.2) is 49.2 Å². The Morgan fingerprint density at radius 1 is 1.15 bits per heavy atom. The highest BCUT2D eigenvalue weighted by molar-refractivity contribution is 5.97. The third kappa shape index (κ3) is 3.36. The second kappa shape index (κ2) is 6.75. The van der Waals surface area contributed by atoms with E-state index >= 15 is 0 Å². The third-order valence-electron chi connectivity index (χ3n) is 4.54. The Kier molecular flexibility index (Phi) is 4.27. The van der Waals surface area contributed by atoms with Crippen LogP contribution in [0.4, 0.5) is 0 Å². The fraction of sp³-hybridized carbons (Fsp3) is 0.250. The highest BCUT2D eigenvalue weighted by Crippen LogP contribution is 2.23. The van der Waals surface area contributed by atoms with Crippen LogP contribution in [0.25, 0.3) is 22.2 Å². The van der Waals surface area contributed by atoms with Crippen molar-refractivity contribution >= 4 is 16.7 Å². The van der Waals surface area contributed by atoms with Crippen molar-refractivity contribution in [3.8, 4) is 11.3 Å². The molecule has 136 valence electrons. The lowest BCUT2D eigenvalue weighted by Gasteiger charge is -2.05. The summed E-state index contributed by atoms with van der Waals surface area (Å²) in [5.41, 5.74) is 4.10. The van der Waals surface area contributed by atoms with Crippen LogP contribution in [0.1, 0.15) is 35.9 Å². The molecule has 27 heavy (non-hydrogen) atoms. The molecule has 0 amide bonds. The Balaban J connectivity index is 1.62. The van der Waals surface area contributed by atoms with Crippen LogP contribution in [0.5, 0.6) is 0 Å². The van der Waals surface area contributed by atoms with Gasteiger partial charge in [-0.1, -0.05) is 6.07 Å². The Morgan fingerprint density at radius 3 is 2.70 bits per heavy atom. The Hall–Kier alpha value is -3.35. The molecule has 0 N–H and O–H groups in total. The Morgan fingerprint density at radius 2 is 2.00 bits per heavy atom. The zero-order chi connectivity index (χ0) is 19.0. The molecule has 0 saturated heterocycles. The molecule has 7 heteroatoms.